The summed E-state index contributed by atoms with van der Waals surface area (Å²) in [6, 6.07) is 6.66. The van der Waals surface area contributed by atoms with Crippen LogP contribution in [0.4, 0.5) is 0 Å². The molecule has 0 saturated heterocycles. The summed E-state index contributed by atoms with van der Waals surface area (Å²) >= 11 is 0. The third-order valence-electron chi connectivity index (χ3n) is 2.05. The Morgan fingerprint density at radius 1 is 0.882 bits per heavy atom. The summed E-state index contributed by atoms with van der Waals surface area (Å²) in [6.07, 6.45) is 0. The van der Waals surface area contributed by atoms with Crippen LogP contribution in [0.2, 0.25) is 0 Å². The van der Waals surface area contributed by atoms with Crippen molar-refractivity contribution in [3.8, 4) is 0 Å². The molecular weight excluding hydrogens is 204 g/mol. The fourth-order valence-corrected chi connectivity index (χ4v) is 1.47. The maximum atomic E-state index is 2.25. The average Bonchev–Trinajstić information content (AvgIpc) is 2.19. The van der Waals surface area contributed by atoms with Crippen LogP contribution in [-0.2, 0) is 0 Å². The maximum absolute atomic E-state index is 2.25. The third-order valence-corrected chi connectivity index (χ3v) is 2.05. The molecule has 0 saturated carbocycles. The van der Waals surface area contributed by atoms with E-state index in [0.29, 0.717) is 5.92 Å². The van der Waals surface area contributed by atoms with Gasteiger partial charge in [-0.15, -0.1) is 0 Å². The van der Waals surface area contributed by atoms with E-state index in [0.717, 1.165) is 5.92 Å². The third kappa shape index (κ3) is 10.1. The van der Waals surface area contributed by atoms with Gasteiger partial charge in [0.1, 0.15) is 0 Å². The van der Waals surface area contributed by atoms with Gasteiger partial charge < -0.3 is 0 Å². The zero-order valence-corrected chi connectivity index (χ0v) is 13.4. The number of benzene rings is 1. The van der Waals surface area contributed by atoms with Gasteiger partial charge in [-0.3, -0.25) is 0 Å². The van der Waals surface area contributed by atoms with E-state index >= 15 is 0 Å². The first-order valence-electron chi connectivity index (χ1n) is 6.91. The molecule has 102 valence electrons. The standard InChI is InChI=1S/C11H16.C4H10.C2H6.H2/c1-8(2)11-6-5-9(3)7-10(11)4;1-4(2)3;1-2;/h5-8H,1-4H3;4H,1-3H3;1-2H3;1H/i;;;1+1. The van der Waals surface area contributed by atoms with Crippen LogP contribution in [0.25, 0.3) is 0 Å². The highest BCUT2D eigenvalue weighted by Crippen LogP contribution is 2.19. The number of hydrogen-bond donors (Lipinski definition) is 0. The SMILES string of the molecule is CC.CC(C)C.Cc1ccc(C(C)C)c(C)c1.[2HH]. The fourth-order valence-electron chi connectivity index (χ4n) is 1.47. The first kappa shape index (κ1) is 18.6. The van der Waals surface area contributed by atoms with Crippen molar-refractivity contribution >= 4 is 0 Å². The van der Waals surface area contributed by atoms with Crippen molar-refractivity contribution in [1.29, 1.82) is 0 Å². The van der Waals surface area contributed by atoms with E-state index in [9.17, 15) is 0 Å². The van der Waals surface area contributed by atoms with Crippen LogP contribution < -0.4 is 0 Å². The molecule has 0 spiro atoms. The second kappa shape index (κ2) is 10.4. The first-order valence-corrected chi connectivity index (χ1v) is 6.91. The van der Waals surface area contributed by atoms with Crippen LogP contribution in [0.15, 0.2) is 18.2 Å². The quantitative estimate of drug-likeness (QED) is 0.535. The van der Waals surface area contributed by atoms with Crippen molar-refractivity contribution in [3.63, 3.8) is 0 Å². The molecule has 0 amide bonds. The highest BCUT2D eigenvalue weighted by Gasteiger charge is 2.01. The van der Waals surface area contributed by atoms with E-state index in [-0.39, 0.29) is 1.43 Å². The Balaban J connectivity index is -0.000000277. The molecule has 1 aromatic rings. The van der Waals surface area contributed by atoms with Crippen molar-refractivity contribution in [2.75, 3.05) is 0 Å². The minimum absolute atomic E-state index is 0. The highest BCUT2D eigenvalue weighted by atomic mass is 14.1. The predicted octanol–water partition coefficient (Wildman–Crippen LogP) is 6.36. The molecule has 0 N–H and O–H groups in total. The van der Waals surface area contributed by atoms with Crippen LogP contribution >= 0.6 is 0 Å². The average molecular weight is 239 g/mol. The first-order chi connectivity index (χ1) is 7.84. The molecule has 0 atom stereocenters. The lowest BCUT2D eigenvalue weighted by Crippen LogP contribution is -1.91. The summed E-state index contributed by atoms with van der Waals surface area (Å²) in [5.74, 6) is 1.48. The van der Waals surface area contributed by atoms with E-state index in [1.807, 2.05) is 13.8 Å². The lowest BCUT2D eigenvalue weighted by molar-refractivity contribution is 0.737. The maximum Gasteiger partial charge on any atom is 0 e. The summed E-state index contributed by atoms with van der Waals surface area (Å²) in [5.41, 5.74) is 4.24. The summed E-state index contributed by atoms with van der Waals surface area (Å²) in [7, 11) is 0. The van der Waals surface area contributed by atoms with Gasteiger partial charge in [0.15, 0.2) is 0 Å². The van der Waals surface area contributed by atoms with Gasteiger partial charge >= 0.3 is 0 Å². The van der Waals surface area contributed by atoms with Crippen molar-refractivity contribution in [2.24, 2.45) is 5.92 Å². The molecule has 17 heavy (non-hydrogen) atoms. The molecule has 0 nitrogen and oxygen atoms in total. The van der Waals surface area contributed by atoms with Crippen molar-refractivity contribution in [2.45, 2.75) is 68.2 Å². The lowest BCUT2D eigenvalue weighted by Gasteiger charge is -2.09. The van der Waals surface area contributed by atoms with Crippen LogP contribution in [0, 0.1) is 19.8 Å². The Morgan fingerprint density at radius 2 is 1.29 bits per heavy atom. The zero-order valence-electron chi connectivity index (χ0n) is 13.4. The topological polar surface area (TPSA) is 0 Å². The molecule has 0 unspecified atom stereocenters. The lowest BCUT2D eigenvalue weighted by atomic mass is 9.97. The highest BCUT2D eigenvalue weighted by molar-refractivity contribution is 5.32. The Morgan fingerprint density at radius 3 is 1.59 bits per heavy atom. The molecule has 0 aliphatic rings. The van der Waals surface area contributed by atoms with Gasteiger partial charge in [0.25, 0.3) is 0 Å². The number of hydrogen-bond acceptors (Lipinski definition) is 0. The van der Waals surface area contributed by atoms with E-state index in [2.05, 4.69) is 66.7 Å². The molecule has 0 aliphatic carbocycles. The second-order valence-electron chi connectivity index (χ2n) is 5.25. The summed E-state index contributed by atoms with van der Waals surface area (Å²) in [5, 5.41) is 0. The predicted molar refractivity (Wildman–Crippen MR) is 84.0 cm³/mol. The molecular formula is C17H34. The van der Waals surface area contributed by atoms with Crippen molar-refractivity contribution in [1.82, 2.24) is 0 Å². The van der Waals surface area contributed by atoms with Gasteiger partial charge in [-0.2, -0.15) is 0 Å². The number of rotatable bonds is 1. The Bertz CT molecular complexity index is 285. The minimum atomic E-state index is 0. The second-order valence-corrected chi connectivity index (χ2v) is 5.25. The van der Waals surface area contributed by atoms with Gasteiger partial charge in [0.05, 0.1) is 0 Å². The normalized spacial score (nSPS) is 9.35. The Hall–Kier alpha value is -0.780. The van der Waals surface area contributed by atoms with Crippen molar-refractivity contribution in [3.05, 3.63) is 34.9 Å². The zero-order chi connectivity index (χ0) is 14.0. The van der Waals surface area contributed by atoms with Crippen molar-refractivity contribution < 1.29 is 1.43 Å². The largest absolute Gasteiger partial charge is 0.0683 e. The van der Waals surface area contributed by atoms with Gasteiger partial charge in [-0.05, 0) is 36.8 Å². The molecule has 1 aromatic carbocycles. The van der Waals surface area contributed by atoms with Crippen LogP contribution in [0.5, 0.6) is 0 Å². The van der Waals surface area contributed by atoms with E-state index in [4.69, 9.17) is 0 Å². The van der Waals surface area contributed by atoms with Gasteiger partial charge in [0.2, 0.25) is 0 Å². The van der Waals surface area contributed by atoms with E-state index in [1.54, 1.807) is 0 Å². The van der Waals surface area contributed by atoms with Gasteiger partial charge in [-0.1, -0.05) is 72.2 Å². The van der Waals surface area contributed by atoms with E-state index < -0.39 is 0 Å². The van der Waals surface area contributed by atoms with Gasteiger partial charge in [0, 0.05) is 1.43 Å². The van der Waals surface area contributed by atoms with Gasteiger partial charge in [-0.25, -0.2) is 0 Å². The monoisotopic (exact) mass is 239 g/mol. The molecule has 0 heteroatoms. The fraction of sp³-hybridized carbons (Fsp3) is 0.647. The minimum Gasteiger partial charge on any atom is -0.0683 e. The smallest absolute Gasteiger partial charge is 0 e. The van der Waals surface area contributed by atoms with Crippen LogP contribution in [0.3, 0.4) is 0 Å². The number of aryl methyl sites for hydroxylation is 2. The molecule has 1 rings (SSSR count). The molecule has 0 bridgehead atoms. The van der Waals surface area contributed by atoms with Crippen LogP contribution in [0.1, 0.15) is 72.5 Å². The molecule has 0 heterocycles. The summed E-state index contributed by atoms with van der Waals surface area (Å²) < 4.78 is 0. The molecule has 0 aliphatic heterocycles. The van der Waals surface area contributed by atoms with Crippen LogP contribution in [-0.4, -0.2) is 0 Å². The Labute approximate surface area is 111 Å². The molecule has 0 aromatic heterocycles. The summed E-state index contributed by atoms with van der Waals surface area (Å²) in [4.78, 5) is 0. The molecule has 0 radical (unpaired) electrons. The molecule has 0 fully saturated rings. The Kier molecular flexibility index (Phi) is 11.3. The van der Waals surface area contributed by atoms with E-state index in [1.165, 1.54) is 16.7 Å². The summed E-state index contributed by atoms with van der Waals surface area (Å²) in [6.45, 7) is 19.3.